The zero-order valence-corrected chi connectivity index (χ0v) is 24.0. The smallest absolute Gasteiger partial charge is 0.0448 e. The van der Waals surface area contributed by atoms with E-state index >= 15 is 0 Å². The predicted octanol–water partition coefficient (Wildman–Crippen LogP) is 8.99. The zero-order chi connectivity index (χ0) is 21.0. The van der Waals surface area contributed by atoms with E-state index in [0.717, 1.165) is 35.1 Å². The summed E-state index contributed by atoms with van der Waals surface area (Å²) in [5, 5.41) is 0. The molecule has 0 amide bonds. The summed E-state index contributed by atoms with van der Waals surface area (Å²) >= 11 is 0. The van der Waals surface area contributed by atoms with E-state index in [2.05, 4.69) is 45.8 Å². The van der Waals surface area contributed by atoms with Crippen molar-refractivity contribution in [3.05, 3.63) is 0 Å². The lowest BCUT2D eigenvalue weighted by atomic mass is 9.62. The molecule has 0 N–H and O–H groups in total. The summed E-state index contributed by atoms with van der Waals surface area (Å²) in [5.41, 5.74) is 2.35. The molecule has 7 atom stereocenters. The number of fused-ring (bicyclic) bond motifs is 3. The SMILES string of the molecule is C[Si](C)(C)CC1CCC([Si](C)(C)[Si](C)(C)C2CCC3C4CCCCC4CCC32)C1. The average molecular weight is 449 g/mol. The third kappa shape index (κ3) is 4.32. The minimum absolute atomic E-state index is 0.896. The van der Waals surface area contributed by atoms with Crippen LogP contribution in [-0.4, -0.2) is 23.3 Å². The maximum Gasteiger partial charge on any atom is 0.0448 e. The first-order valence-electron chi connectivity index (χ1n) is 13.5. The third-order valence-corrected chi connectivity index (χ3v) is 33.9. The molecule has 4 aliphatic rings. The van der Waals surface area contributed by atoms with Gasteiger partial charge in [-0.1, -0.05) is 96.8 Å². The highest BCUT2D eigenvalue weighted by Gasteiger charge is 2.57. The first-order chi connectivity index (χ1) is 13.5. The van der Waals surface area contributed by atoms with Crippen molar-refractivity contribution in [2.45, 2.75) is 134 Å². The molecule has 168 valence electrons. The molecular formula is C26H52Si3. The third-order valence-electron chi connectivity index (χ3n) is 11.3. The van der Waals surface area contributed by atoms with Gasteiger partial charge in [0.1, 0.15) is 0 Å². The molecule has 0 radical (unpaired) electrons. The molecular weight excluding hydrogens is 397 g/mol. The van der Waals surface area contributed by atoms with E-state index in [1.54, 1.807) is 76.7 Å². The Morgan fingerprint density at radius 2 is 1.28 bits per heavy atom. The molecule has 0 heterocycles. The Bertz CT molecular complexity index is 575. The quantitative estimate of drug-likeness (QED) is 0.368. The highest BCUT2D eigenvalue weighted by Crippen LogP contribution is 2.61. The van der Waals surface area contributed by atoms with Gasteiger partial charge in [-0.25, -0.2) is 0 Å². The number of hydrogen-bond donors (Lipinski definition) is 0. The molecule has 4 saturated carbocycles. The van der Waals surface area contributed by atoms with Crippen LogP contribution >= 0.6 is 0 Å². The summed E-state index contributed by atoms with van der Waals surface area (Å²) in [6.07, 6.45) is 17.6. The summed E-state index contributed by atoms with van der Waals surface area (Å²) in [4.78, 5) is 0. The van der Waals surface area contributed by atoms with Gasteiger partial charge in [0.25, 0.3) is 0 Å². The second kappa shape index (κ2) is 8.21. The van der Waals surface area contributed by atoms with Crippen molar-refractivity contribution in [3.8, 4) is 0 Å². The Morgan fingerprint density at radius 3 is 2.00 bits per heavy atom. The predicted molar refractivity (Wildman–Crippen MR) is 139 cm³/mol. The molecule has 0 bridgehead atoms. The molecule has 0 aromatic rings. The maximum absolute atomic E-state index is 2.91. The van der Waals surface area contributed by atoms with Crippen LogP contribution in [0.3, 0.4) is 0 Å². The molecule has 29 heavy (non-hydrogen) atoms. The van der Waals surface area contributed by atoms with Crippen molar-refractivity contribution >= 4 is 23.3 Å². The lowest BCUT2D eigenvalue weighted by Crippen LogP contribution is -2.61. The molecule has 7 unspecified atom stereocenters. The molecule has 4 fully saturated rings. The van der Waals surface area contributed by atoms with E-state index in [9.17, 15) is 0 Å². The van der Waals surface area contributed by atoms with E-state index in [-0.39, 0.29) is 0 Å². The normalized spacial score (nSPS) is 41.3. The van der Waals surface area contributed by atoms with Gasteiger partial charge in [-0.2, -0.15) is 0 Å². The van der Waals surface area contributed by atoms with Gasteiger partial charge in [0.2, 0.25) is 0 Å². The van der Waals surface area contributed by atoms with E-state index in [1.165, 1.54) is 5.54 Å². The summed E-state index contributed by atoms with van der Waals surface area (Å²) in [6.45, 7) is 19.4. The second-order valence-corrected chi connectivity index (χ2v) is 36.1. The molecule has 0 nitrogen and oxygen atoms in total. The van der Waals surface area contributed by atoms with Crippen LogP contribution in [0.5, 0.6) is 0 Å². The summed E-state index contributed by atoms with van der Waals surface area (Å²) in [5.74, 6) is 5.68. The monoisotopic (exact) mass is 448 g/mol. The van der Waals surface area contributed by atoms with Crippen molar-refractivity contribution in [2.24, 2.45) is 29.6 Å². The molecule has 0 spiro atoms. The van der Waals surface area contributed by atoms with E-state index in [1.807, 2.05) is 0 Å². The standard InChI is InChI=1S/C26H52Si3/c1-27(2,3)19-20-12-14-22(18-20)28(4,5)29(6,7)26-17-16-24-23-11-9-8-10-21(23)13-15-25(24)26/h20-26H,8-19H2,1-7H3. The van der Waals surface area contributed by atoms with Gasteiger partial charge < -0.3 is 0 Å². The maximum atomic E-state index is 2.91. The molecule has 0 aromatic carbocycles. The lowest BCUT2D eigenvalue weighted by Gasteiger charge is -2.51. The Labute approximate surface area is 186 Å². The van der Waals surface area contributed by atoms with Crippen molar-refractivity contribution in [3.63, 3.8) is 0 Å². The van der Waals surface area contributed by atoms with Crippen molar-refractivity contribution in [1.82, 2.24) is 0 Å². The molecule has 0 saturated heterocycles. The second-order valence-electron chi connectivity index (χ2n) is 14.4. The molecule has 0 aromatic heterocycles. The number of rotatable bonds is 5. The van der Waals surface area contributed by atoms with Gasteiger partial charge in [-0.05, 0) is 66.4 Å². The minimum atomic E-state index is -1.17. The first kappa shape index (κ1) is 22.8. The highest BCUT2D eigenvalue weighted by molar-refractivity contribution is 7.41. The zero-order valence-electron chi connectivity index (χ0n) is 21.0. The Morgan fingerprint density at radius 1 is 0.586 bits per heavy atom. The average Bonchev–Trinajstić information content (AvgIpc) is 3.27. The first-order valence-corrected chi connectivity index (χ1v) is 24.4. The van der Waals surface area contributed by atoms with Gasteiger partial charge in [0.15, 0.2) is 0 Å². The fourth-order valence-corrected chi connectivity index (χ4v) is 25.5. The summed E-state index contributed by atoms with van der Waals surface area (Å²) < 4.78 is 0. The number of hydrogen-bond acceptors (Lipinski definition) is 0. The van der Waals surface area contributed by atoms with E-state index < -0.39 is 23.3 Å². The molecule has 4 rings (SSSR count). The van der Waals surface area contributed by atoms with Gasteiger partial charge in [-0.15, -0.1) is 0 Å². The van der Waals surface area contributed by atoms with Gasteiger partial charge >= 0.3 is 0 Å². The van der Waals surface area contributed by atoms with Gasteiger partial charge in [0, 0.05) is 23.3 Å². The van der Waals surface area contributed by atoms with E-state index in [4.69, 9.17) is 0 Å². The molecule has 0 aliphatic heterocycles. The van der Waals surface area contributed by atoms with Crippen LogP contribution in [0, 0.1) is 29.6 Å². The van der Waals surface area contributed by atoms with Gasteiger partial charge in [-0.3, -0.25) is 0 Å². The Balaban J connectivity index is 1.46. The fraction of sp³-hybridized carbons (Fsp3) is 1.00. The molecule has 4 aliphatic carbocycles. The van der Waals surface area contributed by atoms with Crippen LogP contribution in [0.2, 0.25) is 63.0 Å². The van der Waals surface area contributed by atoms with Crippen LogP contribution in [-0.2, 0) is 0 Å². The highest BCUT2D eigenvalue weighted by atomic mass is 29.3. The topological polar surface area (TPSA) is 0 Å². The van der Waals surface area contributed by atoms with Gasteiger partial charge in [0.05, 0.1) is 0 Å². The van der Waals surface area contributed by atoms with E-state index in [0.29, 0.717) is 0 Å². The Hall–Kier alpha value is 0.651. The van der Waals surface area contributed by atoms with Crippen molar-refractivity contribution in [2.75, 3.05) is 0 Å². The largest absolute Gasteiger partial charge is 0.0711 e. The molecule has 3 heteroatoms. The van der Waals surface area contributed by atoms with Crippen LogP contribution in [0.4, 0.5) is 0 Å². The Kier molecular flexibility index (Phi) is 6.46. The fourth-order valence-electron chi connectivity index (χ4n) is 9.29. The minimum Gasteiger partial charge on any atom is -0.0711 e. The van der Waals surface area contributed by atoms with Crippen molar-refractivity contribution in [1.29, 1.82) is 0 Å². The van der Waals surface area contributed by atoms with Crippen LogP contribution < -0.4 is 0 Å². The van der Waals surface area contributed by atoms with Crippen LogP contribution in [0.25, 0.3) is 0 Å². The van der Waals surface area contributed by atoms with Crippen LogP contribution in [0.15, 0.2) is 0 Å². The summed E-state index contributed by atoms with van der Waals surface area (Å²) in [6, 6.07) is 1.60. The van der Waals surface area contributed by atoms with Crippen LogP contribution in [0.1, 0.15) is 70.6 Å². The lowest BCUT2D eigenvalue weighted by molar-refractivity contribution is 0.0725. The van der Waals surface area contributed by atoms with Crippen molar-refractivity contribution < 1.29 is 0 Å². The summed E-state index contributed by atoms with van der Waals surface area (Å²) in [7, 11) is -3.21.